The fourth-order valence-corrected chi connectivity index (χ4v) is 3.48. The van der Waals surface area contributed by atoms with Crippen LogP contribution < -0.4 is 10.2 Å². The van der Waals surface area contributed by atoms with Crippen molar-refractivity contribution in [2.75, 3.05) is 37.7 Å². The van der Waals surface area contributed by atoms with Gasteiger partial charge in [-0.3, -0.25) is 4.98 Å². The van der Waals surface area contributed by atoms with Gasteiger partial charge in [-0.05, 0) is 31.5 Å². The highest BCUT2D eigenvalue weighted by molar-refractivity contribution is 5.57. The highest BCUT2D eigenvalue weighted by atomic mass is 16.5. The summed E-state index contributed by atoms with van der Waals surface area (Å²) in [4.78, 5) is 16.0. The van der Waals surface area contributed by atoms with Crippen molar-refractivity contribution in [3.8, 4) is 11.4 Å². The summed E-state index contributed by atoms with van der Waals surface area (Å²) in [6.07, 6.45) is 5.52. The third kappa shape index (κ3) is 2.99. The van der Waals surface area contributed by atoms with Crippen molar-refractivity contribution in [2.45, 2.75) is 25.4 Å². The van der Waals surface area contributed by atoms with Crippen LogP contribution >= 0.6 is 0 Å². The number of hydrogen-bond donors (Lipinski definition) is 1. The first-order valence-corrected chi connectivity index (χ1v) is 8.66. The molecule has 24 heavy (non-hydrogen) atoms. The molecule has 1 atom stereocenters. The minimum absolute atomic E-state index is 0.0631. The lowest BCUT2D eigenvalue weighted by Gasteiger charge is -2.40. The number of rotatable bonds is 3. The topological polar surface area (TPSA) is 63.2 Å². The number of ether oxygens (including phenoxy) is 1. The van der Waals surface area contributed by atoms with Gasteiger partial charge in [0, 0.05) is 49.4 Å². The van der Waals surface area contributed by atoms with E-state index in [2.05, 4.69) is 28.2 Å². The minimum Gasteiger partial charge on any atom is -0.370 e. The molecule has 2 fully saturated rings. The van der Waals surface area contributed by atoms with Crippen LogP contribution in [0.4, 0.5) is 5.82 Å². The third-order valence-corrected chi connectivity index (χ3v) is 4.84. The second kappa shape index (κ2) is 6.45. The standard InChI is InChI=1S/C18H23N5O/c1-2-15-11-16(22-17(21-15)14-3-6-19-7-4-14)23-9-10-24-18(13-23)5-8-20-12-18/h3-4,6-7,11,20H,2,5,8-10,12-13H2,1H3. The molecule has 6 nitrogen and oxygen atoms in total. The van der Waals surface area contributed by atoms with E-state index < -0.39 is 0 Å². The Kier molecular flexibility index (Phi) is 4.16. The summed E-state index contributed by atoms with van der Waals surface area (Å²) in [5, 5.41) is 3.42. The number of nitrogens with one attached hydrogen (secondary N) is 1. The van der Waals surface area contributed by atoms with Gasteiger partial charge in [0.25, 0.3) is 0 Å². The molecular formula is C18H23N5O. The van der Waals surface area contributed by atoms with E-state index in [9.17, 15) is 0 Å². The third-order valence-electron chi connectivity index (χ3n) is 4.84. The second-order valence-electron chi connectivity index (χ2n) is 6.51. The summed E-state index contributed by atoms with van der Waals surface area (Å²) in [6, 6.07) is 6.03. The van der Waals surface area contributed by atoms with E-state index in [1.165, 1.54) is 0 Å². The Bertz CT molecular complexity index is 700. The van der Waals surface area contributed by atoms with Gasteiger partial charge in [-0.15, -0.1) is 0 Å². The first-order chi connectivity index (χ1) is 11.8. The molecule has 2 aromatic rings. The Morgan fingerprint density at radius 2 is 2.17 bits per heavy atom. The molecule has 0 saturated carbocycles. The number of pyridine rings is 1. The van der Waals surface area contributed by atoms with E-state index in [0.717, 1.165) is 68.5 Å². The van der Waals surface area contributed by atoms with E-state index in [1.54, 1.807) is 12.4 Å². The molecule has 2 aliphatic heterocycles. The fourth-order valence-electron chi connectivity index (χ4n) is 3.48. The number of morpholine rings is 1. The maximum Gasteiger partial charge on any atom is 0.161 e. The van der Waals surface area contributed by atoms with Crippen LogP contribution in [0.15, 0.2) is 30.6 Å². The predicted molar refractivity (Wildman–Crippen MR) is 93.0 cm³/mol. The summed E-state index contributed by atoms with van der Waals surface area (Å²) in [5.41, 5.74) is 2.01. The summed E-state index contributed by atoms with van der Waals surface area (Å²) in [6.45, 7) is 6.59. The van der Waals surface area contributed by atoms with E-state index >= 15 is 0 Å². The first kappa shape index (κ1) is 15.5. The van der Waals surface area contributed by atoms with Gasteiger partial charge >= 0.3 is 0 Å². The van der Waals surface area contributed by atoms with Crippen molar-refractivity contribution in [1.29, 1.82) is 0 Å². The molecule has 2 aliphatic rings. The summed E-state index contributed by atoms with van der Waals surface area (Å²) >= 11 is 0. The van der Waals surface area contributed by atoms with Crippen molar-refractivity contribution in [3.63, 3.8) is 0 Å². The molecule has 0 amide bonds. The zero-order valence-electron chi connectivity index (χ0n) is 14.0. The van der Waals surface area contributed by atoms with Gasteiger partial charge in [-0.2, -0.15) is 0 Å². The lowest BCUT2D eigenvalue weighted by molar-refractivity contribution is -0.0406. The molecule has 2 saturated heterocycles. The van der Waals surface area contributed by atoms with Gasteiger partial charge < -0.3 is 15.0 Å². The molecule has 1 unspecified atom stereocenters. The van der Waals surface area contributed by atoms with Crippen LogP contribution in [0.1, 0.15) is 19.0 Å². The fraction of sp³-hybridized carbons (Fsp3) is 0.500. The highest BCUT2D eigenvalue weighted by Crippen LogP contribution is 2.28. The average molecular weight is 325 g/mol. The minimum atomic E-state index is -0.0631. The van der Waals surface area contributed by atoms with Crippen LogP contribution in [0.25, 0.3) is 11.4 Å². The van der Waals surface area contributed by atoms with Crippen LogP contribution in [0, 0.1) is 0 Å². The number of hydrogen-bond acceptors (Lipinski definition) is 6. The highest BCUT2D eigenvalue weighted by Gasteiger charge is 2.39. The van der Waals surface area contributed by atoms with Crippen LogP contribution in [0.5, 0.6) is 0 Å². The van der Waals surface area contributed by atoms with Gasteiger partial charge in [-0.1, -0.05) is 6.92 Å². The monoisotopic (exact) mass is 325 g/mol. The molecule has 2 aromatic heterocycles. The molecule has 0 radical (unpaired) electrons. The molecule has 4 rings (SSSR count). The van der Waals surface area contributed by atoms with Crippen LogP contribution in [0.3, 0.4) is 0 Å². The van der Waals surface area contributed by atoms with E-state index in [0.29, 0.717) is 0 Å². The second-order valence-corrected chi connectivity index (χ2v) is 6.51. The molecule has 0 bridgehead atoms. The van der Waals surface area contributed by atoms with Crippen molar-refractivity contribution >= 4 is 5.82 Å². The lowest BCUT2D eigenvalue weighted by Crippen LogP contribution is -2.53. The molecule has 0 aliphatic carbocycles. The molecule has 4 heterocycles. The zero-order valence-corrected chi connectivity index (χ0v) is 14.0. The van der Waals surface area contributed by atoms with Gasteiger partial charge in [0.1, 0.15) is 5.82 Å². The smallest absolute Gasteiger partial charge is 0.161 e. The molecule has 1 N–H and O–H groups in total. The Morgan fingerprint density at radius 1 is 1.29 bits per heavy atom. The molecule has 0 aromatic carbocycles. The molecule has 6 heteroatoms. The van der Waals surface area contributed by atoms with Crippen LogP contribution in [-0.4, -0.2) is 53.3 Å². The number of aromatic nitrogens is 3. The quantitative estimate of drug-likeness (QED) is 0.926. The van der Waals surface area contributed by atoms with Crippen molar-refractivity contribution in [2.24, 2.45) is 0 Å². The van der Waals surface area contributed by atoms with E-state index in [4.69, 9.17) is 14.7 Å². The molecular weight excluding hydrogens is 302 g/mol. The molecule has 1 spiro atoms. The Balaban J connectivity index is 1.67. The Labute approximate surface area is 142 Å². The van der Waals surface area contributed by atoms with Gasteiger partial charge in [-0.25, -0.2) is 9.97 Å². The van der Waals surface area contributed by atoms with E-state index in [1.807, 2.05) is 12.1 Å². The van der Waals surface area contributed by atoms with E-state index in [-0.39, 0.29) is 5.60 Å². The summed E-state index contributed by atoms with van der Waals surface area (Å²) in [7, 11) is 0. The van der Waals surface area contributed by atoms with Crippen molar-refractivity contribution in [1.82, 2.24) is 20.3 Å². The number of anilines is 1. The van der Waals surface area contributed by atoms with Crippen molar-refractivity contribution < 1.29 is 4.74 Å². The largest absolute Gasteiger partial charge is 0.370 e. The SMILES string of the molecule is CCc1cc(N2CCOC3(CCNC3)C2)nc(-c2ccncc2)n1. The summed E-state index contributed by atoms with van der Waals surface area (Å²) < 4.78 is 6.09. The van der Waals surface area contributed by atoms with Crippen LogP contribution in [-0.2, 0) is 11.2 Å². The Morgan fingerprint density at radius 3 is 2.92 bits per heavy atom. The molecule has 126 valence electrons. The average Bonchev–Trinajstić information content (AvgIpc) is 3.09. The Hall–Kier alpha value is -2.05. The zero-order chi connectivity index (χ0) is 16.4. The van der Waals surface area contributed by atoms with Gasteiger partial charge in [0.2, 0.25) is 0 Å². The van der Waals surface area contributed by atoms with Gasteiger partial charge in [0.05, 0.1) is 12.2 Å². The van der Waals surface area contributed by atoms with Gasteiger partial charge in [0.15, 0.2) is 5.82 Å². The van der Waals surface area contributed by atoms with Crippen molar-refractivity contribution in [3.05, 3.63) is 36.3 Å². The number of aryl methyl sites for hydroxylation is 1. The normalized spacial score (nSPS) is 23.8. The maximum absolute atomic E-state index is 6.09. The maximum atomic E-state index is 6.09. The first-order valence-electron chi connectivity index (χ1n) is 8.66. The predicted octanol–water partition coefficient (Wildman–Crippen LogP) is 1.67. The number of nitrogens with zero attached hydrogens (tertiary/aromatic N) is 4. The summed E-state index contributed by atoms with van der Waals surface area (Å²) in [5.74, 6) is 1.78. The lowest BCUT2D eigenvalue weighted by atomic mass is 10.0. The van der Waals surface area contributed by atoms with Crippen LogP contribution in [0.2, 0.25) is 0 Å².